The molecule has 78 valence electrons. The first-order chi connectivity index (χ1) is 6.42. The number of nitrogens with zero attached hydrogens (tertiary/aromatic N) is 2. The third-order valence-electron chi connectivity index (χ3n) is 2.10. The summed E-state index contributed by atoms with van der Waals surface area (Å²) >= 11 is 0. The minimum atomic E-state index is -1.67. The molecule has 1 unspecified atom stereocenters. The average molecular weight is 198 g/mol. The maximum Gasteiger partial charge on any atom is 0.335 e. The summed E-state index contributed by atoms with van der Waals surface area (Å²) in [7, 11) is 1.79. The monoisotopic (exact) mass is 198 g/mol. The van der Waals surface area contributed by atoms with Crippen molar-refractivity contribution < 1.29 is 15.0 Å². The maximum atomic E-state index is 10.6. The molecule has 5 nitrogen and oxygen atoms in total. The van der Waals surface area contributed by atoms with Crippen LogP contribution in [0.15, 0.2) is 12.3 Å². The van der Waals surface area contributed by atoms with Gasteiger partial charge in [0.25, 0.3) is 0 Å². The number of hydrogen-bond donors (Lipinski definition) is 2. The zero-order valence-corrected chi connectivity index (χ0v) is 8.27. The van der Waals surface area contributed by atoms with Crippen LogP contribution in [0.25, 0.3) is 0 Å². The molecule has 0 fully saturated rings. The van der Waals surface area contributed by atoms with E-state index < -0.39 is 11.6 Å². The Morgan fingerprint density at radius 3 is 2.79 bits per heavy atom. The molecule has 2 N–H and O–H groups in total. The smallest absolute Gasteiger partial charge is 0.335 e. The van der Waals surface area contributed by atoms with Gasteiger partial charge in [0.05, 0.1) is 5.69 Å². The van der Waals surface area contributed by atoms with Gasteiger partial charge in [0.1, 0.15) is 0 Å². The van der Waals surface area contributed by atoms with E-state index in [1.165, 1.54) is 6.92 Å². The van der Waals surface area contributed by atoms with Gasteiger partial charge in [-0.05, 0) is 25.8 Å². The lowest BCUT2D eigenvalue weighted by Crippen LogP contribution is -2.35. The quantitative estimate of drug-likeness (QED) is 0.724. The van der Waals surface area contributed by atoms with E-state index in [0.717, 1.165) is 5.69 Å². The van der Waals surface area contributed by atoms with Crippen LogP contribution in [0.1, 0.15) is 19.0 Å². The molecule has 0 aliphatic heterocycles. The second kappa shape index (κ2) is 3.79. The Morgan fingerprint density at radius 1 is 1.71 bits per heavy atom. The van der Waals surface area contributed by atoms with Crippen molar-refractivity contribution in [3.8, 4) is 0 Å². The molecule has 1 aromatic rings. The summed E-state index contributed by atoms with van der Waals surface area (Å²) in [5.41, 5.74) is -0.883. The lowest BCUT2D eigenvalue weighted by Gasteiger charge is -2.16. The van der Waals surface area contributed by atoms with Gasteiger partial charge in [-0.2, -0.15) is 5.10 Å². The normalized spacial score (nSPS) is 15.1. The first kappa shape index (κ1) is 10.7. The maximum absolute atomic E-state index is 10.6. The van der Waals surface area contributed by atoms with Crippen molar-refractivity contribution in [1.82, 2.24) is 9.78 Å². The Morgan fingerprint density at radius 2 is 2.36 bits per heavy atom. The highest BCUT2D eigenvalue weighted by molar-refractivity contribution is 5.76. The molecule has 1 heterocycles. The van der Waals surface area contributed by atoms with Gasteiger partial charge in [-0.25, -0.2) is 4.79 Å². The summed E-state index contributed by atoms with van der Waals surface area (Å²) in [5, 5.41) is 22.2. The second-order valence-electron chi connectivity index (χ2n) is 3.56. The number of carbonyl (C=O) groups is 1. The summed E-state index contributed by atoms with van der Waals surface area (Å²) in [6.45, 7) is 1.29. The Bertz CT molecular complexity index is 331. The molecule has 0 aliphatic rings. The summed E-state index contributed by atoms with van der Waals surface area (Å²) in [5.74, 6) is -1.20. The van der Waals surface area contributed by atoms with Crippen LogP contribution in [0.4, 0.5) is 0 Å². The van der Waals surface area contributed by atoms with E-state index in [9.17, 15) is 9.90 Å². The molecule has 0 saturated carbocycles. The minimum Gasteiger partial charge on any atom is -0.479 e. The predicted molar refractivity (Wildman–Crippen MR) is 49.8 cm³/mol. The highest BCUT2D eigenvalue weighted by atomic mass is 16.4. The molecule has 0 amide bonds. The molecule has 1 aromatic heterocycles. The molecule has 14 heavy (non-hydrogen) atoms. The molecule has 1 rings (SSSR count). The zero-order chi connectivity index (χ0) is 10.8. The third-order valence-corrected chi connectivity index (χ3v) is 2.10. The highest BCUT2D eigenvalue weighted by Gasteiger charge is 2.29. The Balaban J connectivity index is 2.52. The Hall–Kier alpha value is -1.36. The number of aliphatic carboxylic acids is 1. The van der Waals surface area contributed by atoms with E-state index in [0.29, 0.717) is 6.42 Å². The molecular weight excluding hydrogens is 184 g/mol. The van der Waals surface area contributed by atoms with Crippen LogP contribution in [-0.4, -0.2) is 31.6 Å². The lowest BCUT2D eigenvalue weighted by molar-refractivity contribution is -0.157. The van der Waals surface area contributed by atoms with Gasteiger partial charge in [0, 0.05) is 13.2 Å². The van der Waals surface area contributed by atoms with E-state index in [1.807, 2.05) is 0 Å². The van der Waals surface area contributed by atoms with Crippen LogP contribution >= 0.6 is 0 Å². The van der Waals surface area contributed by atoms with Crippen molar-refractivity contribution in [2.24, 2.45) is 7.05 Å². The number of carboxylic acids is 1. The van der Waals surface area contributed by atoms with E-state index in [-0.39, 0.29) is 6.42 Å². The zero-order valence-electron chi connectivity index (χ0n) is 8.27. The predicted octanol–water partition coefficient (Wildman–Crippen LogP) is 0.188. The second-order valence-corrected chi connectivity index (χ2v) is 3.56. The molecule has 0 spiro atoms. The summed E-state index contributed by atoms with van der Waals surface area (Å²) in [6, 6.07) is 1.80. The average Bonchev–Trinajstić information content (AvgIpc) is 2.48. The van der Waals surface area contributed by atoms with E-state index in [2.05, 4.69) is 5.10 Å². The van der Waals surface area contributed by atoms with Crippen LogP contribution in [0.5, 0.6) is 0 Å². The SMILES string of the molecule is Cn1ccc(CCC(C)(O)C(=O)O)n1. The Kier molecular flexibility index (Phi) is 2.90. The van der Waals surface area contributed by atoms with Gasteiger partial charge in [0.2, 0.25) is 0 Å². The summed E-state index contributed by atoms with van der Waals surface area (Å²) in [6.07, 6.45) is 2.41. The van der Waals surface area contributed by atoms with Crippen molar-refractivity contribution in [2.75, 3.05) is 0 Å². The molecule has 0 radical (unpaired) electrons. The van der Waals surface area contributed by atoms with E-state index in [4.69, 9.17) is 5.11 Å². The third kappa shape index (κ3) is 2.56. The van der Waals surface area contributed by atoms with E-state index >= 15 is 0 Å². The number of hydrogen-bond acceptors (Lipinski definition) is 3. The summed E-state index contributed by atoms with van der Waals surface area (Å²) in [4.78, 5) is 10.6. The van der Waals surface area contributed by atoms with Gasteiger partial charge >= 0.3 is 5.97 Å². The van der Waals surface area contributed by atoms with Crippen molar-refractivity contribution in [3.63, 3.8) is 0 Å². The number of aromatic nitrogens is 2. The van der Waals surface area contributed by atoms with Gasteiger partial charge < -0.3 is 10.2 Å². The number of aryl methyl sites for hydroxylation is 2. The van der Waals surface area contributed by atoms with Crippen LogP contribution in [0.3, 0.4) is 0 Å². The minimum absolute atomic E-state index is 0.166. The van der Waals surface area contributed by atoms with Crippen LogP contribution < -0.4 is 0 Å². The van der Waals surface area contributed by atoms with Gasteiger partial charge in [0.15, 0.2) is 5.60 Å². The molecular formula is C9H14N2O3. The molecule has 0 bridgehead atoms. The highest BCUT2D eigenvalue weighted by Crippen LogP contribution is 2.12. The van der Waals surface area contributed by atoms with Crippen molar-refractivity contribution in [2.45, 2.75) is 25.4 Å². The molecule has 0 saturated heterocycles. The first-order valence-electron chi connectivity index (χ1n) is 4.36. The van der Waals surface area contributed by atoms with Crippen LogP contribution in [-0.2, 0) is 18.3 Å². The van der Waals surface area contributed by atoms with Gasteiger partial charge in [-0.1, -0.05) is 0 Å². The Labute approximate surface area is 82.0 Å². The molecule has 0 aliphatic carbocycles. The number of rotatable bonds is 4. The van der Waals surface area contributed by atoms with Gasteiger partial charge in [-0.15, -0.1) is 0 Å². The van der Waals surface area contributed by atoms with Crippen molar-refractivity contribution >= 4 is 5.97 Å². The molecule has 0 aromatic carbocycles. The molecule has 1 atom stereocenters. The van der Waals surface area contributed by atoms with Crippen molar-refractivity contribution in [1.29, 1.82) is 0 Å². The topological polar surface area (TPSA) is 75.4 Å². The van der Waals surface area contributed by atoms with Gasteiger partial charge in [-0.3, -0.25) is 4.68 Å². The first-order valence-corrected chi connectivity index (χ1v) is 4.36. The van der Waals surface area contributed by atoms with Crippen molar-refractivity contribution in [3.05, 3.63) is 18.0 Å². The number of aliphatic hydroxyl groups is 1. The fourth-order valence-corrected chi connectivity index (χ4v) is 1.07. The lowest BCUT2D eigenvalue weighted by atomic mass is 9.99. The number of carboxylic acid groups (broad SMARTS) is 1. The van der Waals surface area contributed by atoms with Crippen LogP contribution in [0, 0.1) is 0 Å². The van der Waals surface area contributed by atoms with E-state index in [1.54, 1.807) is 24.0 Å². The molecule has 5 heteroatoms. The summed E-state index contributed by atoms with van der Waals surface area (Å²) < 4.78 is 1.64. The largest absolute Gasteiger partial charge is 0.479 e. The fraction of sp³-hybridized carbons (Fsp3) is 0.556. The standard InChI is InChI=1S/C9H14N2O3/c1-9(14,8(12)13)5-3-7-4-6-11(2)10-7/h4,6,14H,3,5H2,1-2H3,(H,12,13). The fourth-order valence-electron chi connectivity index (χ4n) is 1.07. The van der Waals surface area contributed by atoms with Crippen LogP contribution in [0.2, 0.25) is 0 Å².